The predicted octanol–water partition coefficient (Wildman–Crippen LogP) is 12.9. The molecule has 0 bridgehead atoms. The number of fused-ring (bicyclic) bond motifs is 2. The zero-order valence-electron chi connectivity index (χ0n) is 28.2. The van der Waals surface area contributed by atoms with Crippen molar-refractivity contribution >= 4 is 50.0 Å². The van der Waals surface area contributed by atoms with Crippen LogP contribution in [-0.4, -0.2) is 5.54 Å². The van der Waals surface area contributed by atoms with Crippen molar-refractivity contribution in [2.75, 3.05) is 9.80 Å². The highest BCUT2D eigenvalue weighted by Crippen LogP contribution is 2.44. The Morgan fingerprint density at radius 3 is 1.55 bits per heavy atom. The summed E-state index contributed by atoms with van der Waals surface area (Å²) >= 11 is 0. The summed E-state index contributed by atoms with van der Waals surface area (Å²) in [5.41, 5.74) is 7.03. The SMILES string of the molecule is CC(C)(C)C1C=CC(C(C)(C)N(c2ccc(N(c3ccccc3)c3ccc4ccccc4c3)cc2)c2ccc3ccccc3c2)=CC1. The van der Waals surface area contributed by atoms with E-state index in [0.29, 0.717) is 5.92 Å². The lowest BCUT2D eigenvalue weighted by atomic mass is 9.74. The summed E-state index contributed by atoms with van der Waals surface area (Å²) in [4.78, 5) is 4.86. The number of anilines is 5. The van der Waals surface area contributed by atoms with Crippen molar-refractivity contribution in [3.05, 3.63) is 163 Å². The van der Waals surface area contributed by atoms with Crippen molar-refractivity contribution in [1.29, 1.82) is 0 Å². The van der Waals surface area contributed by atoms with Crippen LogP contribution in [0, 0.1) is 11.3 Å². The highest BCUT2D eigenvalue weighted by molar-refractivity contribution is 5.90. The summed E-state index contributed by atoms with van der Waals surface area (Å²) in [5, 5.41) is 4.97. The van der Waals surface area contributed by atoms with Crippen molar-refractivity contribution in [3.63, 3.8) is 0 Å². The van der Waals surface area contributed by atoms with E-state index >= 15 is 0 Å². The number of nitrogens with zero attached hydrogens (tertiary/aromatic N) is 2. The van der Waals surface area contributed by atoms with Gasteiger partial charge in [0.05, 0.1) is 5.54 Å². The maximum absolute atomic E-state index is 2.51. The minimum Gasteiger partial charge on any atom is -0.332 e. The number of hydrogen-bond donors (Lipinski definition) is 0. The average molecular weight is 613 g/mol. The molecule has 0 aliphatic heterocycles. The summed E-state index contributed by atoms with van der Waals surface area (Å²) < 4.78 is 0. The highest BCUT2D eigenvalue weighted by atomic mass is 15.2. The first-order valence-electron chi connectivity index (χ1n) is 16.8. The molecule has 0 aromatic heterocycles. The monoisotopic (exact) mass is 612 g/mol. The molecule has 0 spiro atoms. The van der Waals surface area contributed by atoms with Crippen molar-refractivity contribution in [1.82, 2.24) is 0 Å². The zero-order valence-corrected chi connectivity index (χ0v) is 28.2. The minimum atomic E-state index is -0.291. The molecule has 7 rings (SSSR count). The Bertz CT molecular complexity index is 2080. The Hall–Kier alpha value is -5.08. The maximum atomic E-state index is 2.51. The second kappa shape index (κ2) is 12.3. The highest BCUT2D eigenvalue weighted by Gasteiger charge is 2.34. The second-order valence-corrected chi connectivity index (χ2v) is 14.4. The summed E-state index contributed by atoms with van der Waals surface area (Å²) in [6, 6.07) is 50.5. The van der Waals surface area contributed by atoms with Crippen LogP contribution in [0.4, 0.5) is 28.4 Å². The van der Waals surface area contributed by atoms with Gasteiger partial charge in [0.2, 0.25) is 0 Å². The van der Waals surface area contributed by atoms with Crippen LogP contribution in [0.3, 0.4) is 0 Å². The summed E-state index contributed by atoms with van der Waals surface area (Å²) in [6.07, 6.45) is 8.33. The van der Waals surface area contributed by atoms with Gasteiger partial charge in [-0.05, 0) is 119 Å². The molecule has 1 unspecified atom stereocenters. The molecule has 0 heterocycles. The van der Waals surface area contributed by atoms with E-state index in [2.05, 4.69) is 202 Å². The van der Waals surface area contributed by atoms with Gasteiger partial charge in [-0.3, -0.25) is 0 Å². The van der Waals surface area contributed by atoms with Crippen LogP contribution in [0.15, 0.2) is 163 Å². The van der Waals surface area contributed by atoms with Gasteiger partial charge in [0.25, 0.3) is 0 Å². The molecule has 6 aromatic carbocycles. The molecule has 0 N–H and O–H groups in total. The van der Waals surface area contributed by atoms with E-state index in [1.165, 1.54) is 32.8 Å². The fraction of sp³-hybridized carbons (Fsp3) is 0.200. The number of para-hydroxylation sites is 1. The third-order valence-corrected chi connectivity index (χ3v) is 9.84. The van der Waals surface area contributed by atoms with Gasteiger partial charge < -0.3 is 9.80 Å². The van der Waals surface area contributed by atoms with E-state index in [0.717, 1.165) is 29.2 Å². The predicted molar refractivity (Wildman–Crippen MR) is 204 cm³/mol. The third-order valence-electron chi connectivity index (χ3n) is 9.84. The molecule has 1 aliphatic rings. The molecule has 2 heteroatoms. The number of rotatable bonds is 7. The first-order chi connectivity index (χ1) is 22.7. The van der Waals surface area contributed by atoms with Crippen molar-refractivity contribution in [2.45, 2.75) is 46.6 Å². The van der Waals surface area contributed by atoms with Gasteiger partial charge in [-0.15, -0.1) is 0 Å². The molecular formula is C45H44N2. The van der Waals surface area contributed by atoms with Crippen LogP contribution in [0.25, 0.3) is 21.5 Å². The van der Waals surface area contributed by atoms with Crippen molar-refractivity contribution < 1.29 is 0 Å². The lowest BCUT2D eigenvalue weighted by Gasteiger charge is -2.43. The van der Waals surface area contributed by atoms with Gasteiger partial charge in [0.1, 0.15) is 0 Å². The molecule has 1 aliphatic carbocycles. The van der Waals surface area contributed by atoms with E-state index in [4.69, 9.17) is 0 Å². The van der Waals surface area contributed by atoms with E-state index < -0.39 is 0 Å². The molecule has 0 fully saturated rings. The molecule has 0 radical (unpaired) electrons. The van der Waals surface area contributed by atoms with Gasteiger partial charge in [-0.25, -0.2) is 0 Å². The first kappa shape index (κ1) is 30.6. The molecule has 0 saturated heterocycles. The molecule has 6 aromatic rings. The lowest BCUT2D eigenvalue weighted by Crippen LogP contribution is -2.42. The normalized spacial score (nSPS) is 15.1. The fourth-order valence-corrected chi connectivity index (χ4v) is 7.05. The Morgan fingerprint density at radius 2 is 0.979 bits per heavy atom. The summed E-state index contributed by atoms with van der Waals surface area (Å²) in [5.74, 6) is 0.537. The fourth-order valence-electron chi connectivity index (χ4n) is 7.05. The molecule has 2 nitrogen and oxygen atoms in total. The molecule has 1 atom stereocenters. The van der Waals surface area contributed by atoms with Gasteiger partial charge in [-0.2, -0.15) is 0 Å². The maximum Gasteiger partial charge on any atom is 0.0643 e. The Balaban J connectivity index is 1.32. The van der Waals surface area contributed by atoms with Crippen LogP contribution >= 0.6 is 0 Å². The number of allylic oxidation sites excluding steroid dienone is 2. The van der Waals surface area contributed by atoms with Gasteiger partial charge in [0.15, 0.2) is 0 Å². The standard InChI is InChI=1S/C45H44N2/c1-44(2,3)37-21-23-38(24-22-37)45(4,5)47(43-26-20-34-14-10-12-16-36(34)32-43)41-29-27-40(28-30-41)46(39-17-7-6-8-18-39)42-25-19-33-13-9-11-15-35(33)31-42/h6-21,23-32,37H,22H2,1-5H3. The van der Waals surface area contributed by atoms with Crippen molar-refractivity contribution in [2.24, 2.45) is 11.3 Å². The van der Waals surface area contributed by atoms with Gasteiger partial charge in [0, 0.05) is 28.4 Å². The average Bonchev–Trinajstić information content (AvgIpc) is 3.09. The van der Waals surface area contributed by atoms with Crippen LogP contribution in [0.2, 0.25) is 0 Å². The van der Waals surface area contributed by atoms with Gasteiger partial charge in [-0.1, -0.05) is 118 Å². The second-order valence-electron chi connectivity index (χ2n) is 14.4. The van der Waals surface area contributed by atoms with Gasteiger partial charge >= 0.3 is 0 Å². The minimum absolute atomic E-state index is 0.242. The largest absolute Gasteiger partial charge is 0.332 e. The molecule has 0 saturated carbocycles. The van der Waals surface area contributed by atoms with Crippen LogP contribution in [-0.2, 0) is 0 Å². The zero-order chi connectivity index (χ0) is 32.6. The third kappa shape index (κ3) is 6.09. The lowest BCUT2D eigenvalue weighted by molar-refractivity contribution is 0.292. The summed E-state index contributed by atoms with van der Waals surface area (Å²) in [6.45, 7) is 11.7. The van der Waals surface area contributed by atoms with Crippen LogP contribution in [0.1, 0.15) is 41.0 Å². The number of hydrogen-bond acceptors (Lipinski definition) is 2. The first-order valence-corrected chi connectivity index (χ1v) is 16.8. The molecule has 234 valence electrons. The van der Waals surface area contributed by atoms with Crippen LogP contribution < -0.4 is 9.80 Å². The Labute approximate surface area is 280 Å². The van der Waals surface area contributed by atoms with Crippen molar-refractivity contribution in [3.8, 4) is 0 Å². The topological polar surface area (TPSA) is 6.48 Å². The smallest absolute Gasteiger partial charge is 0.0643 e. The molecule has 47 heavy (non-hydrogen) atoms. The van der Waals surface area contributed by atoms with E-state index in [9.17, 15) is 0 Å². The quantitative estimate of drug-likeness (QED) is 0.177. The Morgan fingerprint density at radius 1 is 0.489 bits per heavy atom. The van der Waals surface area contributed by atoms with Crippen LogP contribution in [0.5, 0.6) is 0 Å². The van der Waals surface area contributed by atoms with E-state index in [1.54, 1.807) is 0 Å². The Kier molecular flexibility index (Phi) is 7.98. The molecular weight excluding hydrogens is 569 g/mol. The number of benzene rings is 6. The van der Waals surface area contributed by atoms with E-state index in [1.807, 2.05) is 0 Å². The summed E-state index contributed by atoms with van der Waals surface area (Å²) in [7, 11) is 0. The van der Waals surface area contributed by atoms with E-state index in [-0.39, 0.29) is 11.0 Å². The molecule has 0 amide bonds.